The van der Waals surface area contributed by atoms with Crippen molar-refractivity contribution < 1.29 is 0 Å². The van der Waals surface area contributed by atoms with E-state index < -0.39 is 0 Å². The number of rotatable bonds is 4. The third-order valence-electron chi connectivity index (χ3n) is 4.04. The number of pyridine rings is 1. The van der Waals surface area contributed by atoms with E-state index in [0.717, 1.165) is 24.7 Å². The van der Waals surface area contributed by atoms with Crippen LogP contribution in [0.3, 0.4) is 0 Å². The Morgan fingerprint density at radius 3 is 3.00 bits per heavy atom. The maximum absolute atomic E-state index is 6.33. The molecular formula is C15H24N2. The quantitative estimate of drug-likeness (QED) is 0.866. The Balaban J connectivity index is 1.79. The summed E-state index contributed by atoms with van der Waals surface area (Å²) in [5.41, 5.74) is 7.50. The van der Waals surface area contributed by atoms with E-state index in [1.807, 2.05) is 12.3 Å². The lowest BCUT2D eigenvalue weighted by Gasteiger charge is -2.31. The maximum atomic E-state index is 6.33. The number of hydrogen-bond acceptors (Lipinski definition) is 2. The van der Waals surface area contributed by atoms with Crippen LogP contribution in [-0.4, -0.2) is 11.0 Å². The van der Waals surface area contributed by atoms with Crippen molar-refractivity contribution >= 4 is 0 Å². The van der Waals surface area contributed by atoms with E-state index in [0.29, 0.717) is 6.04 Å². The molecule has 1 saturated carbocycles. The predicted molar refractivity (Wildman–Crippen MR) is 71.7 cm³/mol. The van der Waals surface area contributed by atoms with Gasteiger partial charge in [-0.25, -0.2) is 0 Å². The average molecular weight is 232 g/mol. The molecule has 0 spiro atoms. The molecule has 3 unspecified atom stereocenters. The van der Waals surface area contributed by atoms with Gasteiger partial charge in [0.2, 0.25) is 0 Å². The number of aryl methyl sites for hydroxylation is 1. The van der Waals surface area contributed by atoms with Crippen molar-refractivity contribution in [1.82, 2.24) is 4.98 Å². The van der Waals surface area contributed by atoms with Crippen LogP contribution in [0.15, 0.2) is 24.4 Å². The second-order valence-corrected chi connectivity index (χ2v) is 5.56. The lowest BCUT2D eigenvalue weighted by atomic mass is 9.77. The second kappa shape index (κ2) is 6.15. The first-order valence-electron chi connectivity index (χ1n) is 6.91. The zero-order valence-corrected chi connectivity index (χ0v) is 10.8. The van der Waals surface area contributed by atoms with Crippen molar-refractivity contribution in [3.8, 4) is 0 Å². The third kappa shape index (κ3) is 3.81. The van der Waals surface area contributed by atoms with Gasteiger partial charge in [0.1, 0.15) is 0 Å². The first kappa shape index (κ1) is 12.6. The van der Waals surface area contributed by atoms with Gasteiger partial charge in [-0.05, 0) is 49.7 Å². The van der Waals surface area contributed by atoms with Crippen LogP contribution in [0, 0.1) is 11.8 Å². The minimum absolute atomic E-state index is 0.361. The molecule has 1 aromatic heterocycles. The zero-order chi connectivity index (χ0) is 12.1. The Kier molecular flexibility index (Phi) is 4.55. The molecule has 0 aliphatic heterocycles. The SMILES string of the molecule is CC1CCCC(C(N)CCc2ccccn2)C1. The molecule has 1 aromatic rings. The molecule has 3 atom stereocenters. The molecule has 0 saturated heterocycles. The number of hydrogen-bond donors (Lipinski definition) is 1. The number of nitrogens with zero attached hydrogens (tertiary/aromatic N) is 1. The summed E-state index contributed by atoms with van der Waals surface area (Å²) < 4.78 is 0. The fraction of sp³-hybridized carbons (Fsp3) is 0.667. The molecule has 0 amide bonds. The summed E-state index contributed by atoms with van der Waals surface area (Å²) in [5.74, 6) is 1.61. The Hall–Kier alpha value is -0.890. The Morgan fingerprint density at radius 2 is 2.29 bits per heavy atom. The molecule has 1 aliphatic rings. The van der Waals surface area contributed by atoms with Gasteiger partial charge >= 0.3 is 0 Å². The van der Waals surface area contributed by atoms with Gasteiger partial charge < -0.3 is 5.73 Å². The standard InChI is InChI=1S/C15H24N2/c1-12-5-4-6-13(11-12)15(16)9-8-14-7-2-3-10-17-14/h2-3,7,10,12-13,15H,4-6,8-9,11,16H2,1H3. The summed E-state index contributed by atoms with van der Waals surface area (Å²) in [4.78, 5) is 4.36. The molecule has 2 rings (SSSR count). The molecule has 2 nitrogen and oxygen atoms in total. The molecule has 2 heteroatoms. The summed E-state index contributed by atoms with van der Waals surface area (Å²) in [6.45, 7) is 2.36. The highest BCUT2D eigenvalue weighted by Crippen LogP contribution is 2.31. The predicted octanol–water partition coefficient (Wildman–Crippen LogP) is 3.17. The van der Waals surface area contributed by atoms with Crippen LogP contribution in [0.1, 0.15) is 44.7 Å². The summed E-state index contributed by atoms with van der Waals surface area (Å²) in [7, 11) is 0. The Bertz CT molecular complexity index is 323. The van der Waals surface area contributed by atoms with Crippen molar-refractivity contribution in [3.05, 3.63) is 30.1 Å². The highest BCUT2D eigenvalue weighted by molar-refractivity contribution is 5.03. The van der Waals surface area contributed by atoms with Gasteiger partial charge in [-0.15, -0.1) is 0 Å². The number of nitrogens with two attached hydrogens (primary N) is 1. The first-order chi connectivity index (χ1) is 8.25. The minimum Gasteiger partial charge on any atom is -0.327 e. The third-order valence-corrected chi connectivity index (χ3v) is 4.04. The van der Waals surface area contributed by atoms with Crippen molar-refractivity contribution in [2.75, 3.05) is 0 Å². The molecule has 0 aromatic carbocycles. The molecule has 94 valence electrons. The highest BCUT2D eigenvalue weighted by atomic mass is 14.7. The van der Waals surface area contributed by atoms with E-state index in [2.05, 4.69) is 24.0 Å². The van der Waals surface area contributed by atoms with Gasteiger partial charge in [0.25, 0.3) is 0 Å². The largest absolute Gasteiger partial charge is 0.327 e. The van der Waals surface area contributed by atoms with E-state index >= 15 is 0 Å². The Labute approximate surface area is 105 Å². The van der Waals surface area contributed by atoms with Gasteiger partial charge in [-0.1, -0.05) is 25.8 Å². The van der Waals surface area contributed by atoms with Crippen molar-refractivity contribution in [2.45, 2.75) is 51.5 Å². The summed E-state index contributed by atoms with van der Waals surface area (Å²) in [6, 6.07) is 6.47. The van der Waals surface area contributed by atoms with Crippen LogP contribution in [0.4, 0.5) is 0 Å². The number of aromatic nitrogens is 1. The Morgan fingerprint density at radius 1 is 1.41 bits per heavy atom. The first-order valence-corrected chi connectivity index (χ1v) is 6.91. The monoisotopic (exact) mass is 232 g/mol. The van der Waals surface area contributed by atoms with E-state index in [1.165, 1.54) is 31.4 Å². The van der Waals surface area contributed by atoms with Gasteiger partial charge in [0.15, 0.2) is 0 Å². The second-order valence-electron chi connectivity index (χ2n) is 5.56. The molecule has 1 heterocycles. The molecule has 2 N–H and O–H groups in total. The van der Waals surface area contributed by atoms with Gasteiger partial charge in [0.05, 0.1) is 0 Å². The lowest BCUT2D eigenvalue weighted by Crippen LogP contribution is -2.33. The molecule has 0 radical (unpaired) electrons. The fourth-order valence-electron chi connectivity index (χ4n) is 2.97. The van der Waals surface area contributed by atoms with E-state index in [9.17, 15) is 0 Å². The van der Waals surface area contributed by atoms with E-state index in [-0.39, 0.29) is 0 Å². The molecule has 17 heavy (non-hydrogen) atoms. The van der Waals surface area contributed by atoms with Crippen LogP contribution in [0.5, 0.6) is 0 Å². The van der Waals surface area contributed by atoms with Gasteiger partial charge in [-0.2, -0.15) is 0 Å². The van der Waals surface area contributed by atoms with Crippen LogP contribution < -0.4 is 5.73 Å². The molecule has 1 fully saturated rings. The maximum Gasteiger partial charge on any atom is 0.0404 e. The van der Waals surface area contributed by atoms with Crippen LogP contribution in [0.25, 0.3) is 0 Å². The van der Waals surface area contributed by atoms with Crippen LogP contribution >= 0.6 is 0 Å². The van der Waals surface area contributed by atoms with Crippen molar-refractivity contribution in [1.29, 1.82) is 0 Å². The molecule has 1 aliphatic carbocycles. The van der Waals surface area contributed by atoms with Crippen LogP contribution in [0.2, 0.25) is 0 Å². The highest BCUT2D eigenvalue weighted by Gasteiger charge is 2.23. The summed E-state index contributed by atoms with van der Waals surface area (Å²) in [6.07, 6.45) is 9.37. The van der Waals surface area contributed by atoms with E-state index in [1.54, 1.807) is 0 Å². The molecule has 0 bridgehead atoms. The fourth-order valence-corrected chi connectivity index (χ4v) is 2.97. The summed E-state index contributed by atoms with van der Waals surface area (Å²) in [5, 5.41) is 0. The lowest BCUT2D eigenvalue weighted by molar-refractivity contribution is 0.240. The van der Waals surface area contributed by atoms with Crippen molar-refractivity contribution in [3.63, 3.8) is 0 Å². The smallest absolute Gasteiger partial charge is 0.0404 e. The zero-order valence-electron chi connectivity index (χ0n) is 10.8. The summed E-state index contributed by atoms with van der Waals surface area (Å²) >= 11 is 0. The van der Waals surface area contributed by atoms with Crippen LogP contribution in [-0.2, 0) is 6.42 Å². The van der Waals surface area contributed by atoms with Crippen molar-refractivity contribution in [2.24, 2.45) is 17.6 Å². The van der Waals surface area contributed by atoms with Gasteiger partial charge in [-0.3, -0.25) is 4.98 Å². The normalized spacial score (nSPS) is 26.7. The van der Waals surface area contributed by atoms with Gasteiger partial charge in [0, 0.05) is 17.9 Å². The minimum atomic E-state index is 0.361. The molecular weight excluding hydrogens is 208 g/mol. The topological polar surface area (TPSA) is 38.9 Å². The van der Waals surface area contributed by atoms with E-state index in [4.69, 9.17) is 5.73 Å². The average Bonchev–Trinajstić information content (AvgIpc) is 2.37.